The van der Waals surface area contributed by atoms with Gasteiger partial charge < -0.3 is 10.3 Å². The molecule has 0 aliphatic carbocycles. The van der Waals surface area contributed by atoms with E-state index < -0.39 is 0 Å². The molecule has 0 aliphatic rings. The lowest BCUT2D eigenvalue weighted by Crippen LogP contribution is -2.34. The molecule has 14 heavy (non-hydrogen) atoms. The molecule has 0 amide bonds. The summed E-state index contributed by atoms with van der Waals surface area (Å²) >= 11 is 1.89. The first-order chi connectivity index (χ1) is 6.49. The lowest BCUT2D eigenvalue weighted by atomic mass is 10.1. The first-order valence-electron chi connectivity index (χ1n) is 4.82. The molecule has 1 aromatic heterocycles. The minimum atomic E-state index is -0.0632. The molecule has 1 rings (SSSR count). The number of rotatable bonds is 5. The Morgan fingerprint density at radius 1 is 1.57 bits per heavy atom. The monoisotopic (exact) mass is 213 g/mol. The van der Waals surface area contributed by atoms with Gasteiger partial charge in [0.2, 0.25) is 0 Å². The van der Waals surface area contributed by atoms with Crippen molar-refractivity contribution in [2.24, 2.45) is 12.8 Å². The summed E-state index contributed by atoms with van der Waals surface area (Å²) in [6.07, 6.45) is 4.84. The van der Waals surface area contributed by atoms with Crippen LogP contribution in [0, 0.1) is 0 Å². The van der Waals surface area contributed by atoms with Gasteiger partial charge in [0.25, 0.3) is 0 Å². The fraction of sp³-hybridized carbons (Fsp3) is 0.700. The van der Waals surface area contributed by atoms with Crippen molar-refractivity contribution in [1.82, 2.24) is 9.55 Å². The first kappa shape index (κ1) is 11.6. The van der Waals surface area contributed by atoms with E-state index in [0.29, 0.717) is 0 Å². The van der Waals surface area contributed by atoms with Crippen molar-refractivity contribution in [3.63, 3.8) is 0 Å². The molecule has 0 saturated heterocycles. The average molecular weight is 213 g/mol. The minimum absolute atomic E-state index is 0.0632. The third-order valence-corrected chi connectivity index (χ3v) is 3.31. The van der Waals surface area contributed by atoms with Crippen LogP contribution in [0.3, 0.4) is 0 Å². The van der Waals surface area contributed by atoms with Crippen LogP contribution >= 0.6 is 11.8 Å². The first-order valence-corrected chi connectivity index (χ1v) is 5.97. The highest BCUT2D eigenvalue weighted by Gasteiger charge is 2.10. The summed E-state index contributed by atoms with van der Waals surface area (Å²) in [6, 6.07) is 0. The van der Waals surface area contributed by atoms with Gasteiger partial charge >= 0.3 is 0 Å². The highest BCUT2D eigenvalue weighted by molar-refractivity contribution is 7.99. The van der Waals surface area contributed by atoms with E-state index in [1.54, 1.807) is 0 Å². The number of hydrogen-bond acceptors (Lipinski definition) is 3. The third-order valence-electron chi connectivity index (χ3n) is 1.87. The standard InChI is InChI=1S/C10H19N3S/c1-10(2,11)8-14-7-4-9-12-5-6-13(9)3/h5-6H,4,7-8,11H2,1-3H3. The maximum Gasteiger partial charge on any atom is 0.109 e. The Kier molecular flexibility index (Phi) is 4.01. The van der Waals surface area contributed by atoms with Gasteiger partial charge in [-0.15, -0.1) is 0 Å². The van der Waals surface area contributed by atoms with Gasteiger partial charge in [-0.05, 0) is 13.8 Å². The molecule has 1 heterocycles. The molecule has 0 bridgehead atoms. The number of hydrogen-bond donors (Lipinski definition) is 1. The number of aryl methyl sites for hydroxylation is 2. The minimum Gasteiger partial charge on any atom is -0.338 e. The lowest BCUT2D eigenvalue weighted by molar-refractivity contribution is 0.591. The maximum atomic E-state index is 5.88. The fourth-order valence-electron chi connectivity index (χ4n) is 1.14. The molecule has 3 nitrogen and oxygen atoms in total. The second-order valence-electron chi connectivity index (χ2n) is 4.25. The van der Waals surface area contributed by atoms with Crippen LogP contribution in [0.25, 0.3) is 0 Å². The zero-order chi connectivity index (χ0) is 10.6. The zero-order valence-corrected chi connectivity index (χ0v) is 9.97. The Balaban J connectivity index is 2.20. The average Bonchev–Trinajstić information content (AvgIpc) is 2.44. The summed E-state index contributed by atoms with van der Waals surface area (Å²) in [4.78, 5) is 4.27. The van der Waals surface area contributed by atoms with Crippen LogP contribution < -0.4 is 5.73 Å². The SMILES string of the molecule is Cn1ccnc1CCSCC(C)(C)N. The predicted molar refractivity (Wildman–Crippen MR) is 62.5 cm³/mol. The number of thioether (sulfide) groups is 1. The summed E-state index contributed by atoms with van der Waals surface area (Å²) in [5.74, 6) is 3.23. The Bertz CT molecular complexity index is 275. The van der Waals surface area contributed by atoms with E-state index in [2.05, 4.69) is 23.4 Å². The molecule has 0 saturated carbocycles. The third kappa shape index (κ3) is 4.15. The smallest absolute Gasteiger partial charge is 0.109 e. The van der Waals surface area contributed by atoms with E-state index in [1.807, 2.05) is 31.2 Å². The van der Waals surface area contributed by atoms with Crippen LogP contribution in [0.15, 0.2) is 12.4 Å². The van der Waals surface area contributed by atoms with Crippen molar-refractivity contribution in [1.29, 1.82) is 0 Å². The lowest BCUT2D eigenvalue weighted by Gasteiger charge is -2.17. The van der Waals surface area contributed by atoms with E-state index in [1.165, 1.54) is 0 Å². The summed E-state index contributed by atoms with van der Waals surface area (Å²) in [5.41, 5.74) is 5.82. The van der Waals surface area contributed by atoms with Crippen LogP contribution in [0.1, 0.15) is 19.7 Å². The van der Waals surface area contributed by atoms with Crippen molar-refractivity contribution >= 4 is 11.8 Å². The molecule has 2 N–H and O–H groups in total. The Labute approximate surface area is 90.1 Å². The fourth-order valence-corrected chi connectivity index (χ4v) is 2.13. The number of imidazole rings is 1. The van der Waals surface area contributed by atoms with Crippen LogP contribution in [0.2, 0.25) is 0 Å². The van der Waals surface area contributed by atoms with Crippen molar-refractivity contribution in [3.8, 4) is 0 Å². The molecule has 1 aromatic rings. The normalized spacial score (nSPS) is 12.0. The predicted octanol–water partition coefficient (Wildman–Crippen LogP) is 1.43. The van der Waals surface area contributed by atoms with Gasteiger partial charge in [-0.25, -0.2) is 4.98 Å². The van der Waals surface area contributed by atoms with Gasteiger partial charge in [-0.1, -0.05) is 0 Å². The van der Waals surface area contributed by atoms with Gasteiger partial charge in [-0.2, -0.15) is 11.8 Å². The summed E-state index contributed by atoms with van der Waals surface area (Å²) in [5, 5.41) is 0. The highest BCUT2D eigenvalue weighted by Crippen LogP contribution is 2.11. The highest BCUT2D eigenvalue weighted by atomic mass is 32.2. The van der Waals surface area contributed by atoms with E-state index in [-0.39, 0.29) is 5.54 Å². The quantitative estimate of drug-likeness (QED) is 0.753. The van der Waals surface area contributed by atoms with Crippen LogP contribution in [0.4, 0.5) is 0 Å². The molecule has 0 fully saturated rings. The summed E-state index contributed by atoms with van der Waals surface area (Å²) in [6.45, 7) is 4.11. The van der Waals surface area contributed by atoms with Crippen LogP contribution in [0.5, 0.6) is 0 Å². The van der Waals surface area contributed by atoms with Crippen LogP contribution in [-0.2, 0) is 13.5 Å². The Morgan fingerprint density at radius 3 is 2.79 bits per heavy atom. The van der Waals surface area contributed by atoms with Crippen molar-refractivity contribution in [2.45, 2.75) is 25.8 Å². The van der Waals surface area contributed by atoms with Gasteiger partial charge in [-0.3, -0.25) is 0 Å². The molecule has 0 unspecified atom stereocenters. The molecular formula is C10H19N3S. The second kappa shape index (κ2) is 4.84. The maximum absolute atomic E-state index is 5.88. The number of nitrogens with two attached hydrogens (primary N) is 1. The molecule has 80 valence electrons. The van der Waals surface area contributed by atoms with Gasteiger partial charge in [0.05, 0.1) is 0 Å². The Hall–Kier alpha value is -0.480. The van der Waals surface area contributed by atoms with E-state index >= 15 is 0 Å². The number of aromatic nitrogens is 2. The van der Waals surface area contributed by atoms with E-state index in [9.17, 15) is 0 Å². The second-order valence-corrected chi connectivity index (χ2v) is 5.35. The zero-order valence-electron chi connectivity index (χ0n) is 9.16. The van der Waals surface area contributed by atoms with Gasteiger partial charge in [0, 0.05) is 42.9 Å². The topological polar surface area (TPSA) is 43.8 Å². The van der Waals surface area contributed by atoms with Crippen molar-refractivity contribution in [2.75, 3.05) is 11.5 Å². The molecule has 0 aliphatic heterocycles. The Morgan fingerprint density at radius 2 is 2.29 bits per heavy atom. The molecule has 0 atom stereocenters. The van der Waals surface area contributed by atoms with E-state index in [0.717, 1.165) is 23.8 Å². The molecule has 0 aromatic carbocycles. The van der Waals surface area contributed by atoms with Gasteiger partial charge in [0.1, 0.15) is 5.82 Å². The van der Waals surface area contributed by atoms with Crippen LogP contribution in [-0.4, -0.2) is 26.6 Å². The summed E-state index contributed by atoms with van der Waals surface area (Å²) < 4.78 is 2.06. The van der Waals surface area contributed by atoms with E-state index in [4.69, 9.17) is 5.73 Å². The van der Waals surface area contributed by atoms with Gasteiger partial charge in [0.15, 0.2) is 0 Å². The number of nitrogens with zero attached hydrogens (tertiary/aromatic N) is 2. The molecule has 0 radical (unpaired) electrons. The molecule has 0 spiro atoms. The van der Waals surface area contributed by atoms with Crippen molar-refractivity contribution in [3.05, 3.63) is 18.2 Å². The van der Waals surface area contributed by atoms with Crippen molar-refractivity contribution < 1.29 is 0 Å². The summed E-state index contributed by atoms with van der Waals surface area (Å²) in [7, 11) is 2.03. The molecule has 4 heteroatoms. The largest absolute Gasteiger partial charge is 0.338 e. The molecular weight excluding hydrogens is 194 g/mol.